The SMILES string of the molecule is COc1ccc2c(c1)N(C[C@H](C)CN(C)C)c1ccccc1S2.COc1ccc2c(c1)N(C[C@H](C)CN(C)C)c1ccccc1S2. The molecule has 0 spiro atoms. The molecular weight excluding hydrogens is 609 g/mol. The Morgan fingerprint density at radius 3 is 1.28 bits per heavy atom. The van der Waals surface area contributed by atoms with Crippen molar-refractivity contribution in [2.75, 3.05) is 78.4 Å². The monoisotopic (exact) mass is 656 g/mol. The first-order valence-corrected chi connectivity index (χ1v) is 17.5. The molecule has 0 aromatic heterocycles. The highest BCUT2D eigenvalue weighted by Crippen LogP contribution is 2.50. The van der Waals surface area contributed by atoms with E-state index in [1.807, 2.05) is 35.7 Å². The lowest BCUT2D eigenvalue weighted by atomic mass is 10.1. The van der Waals surface area contributed by atoms with E-state index in [1.54, 1.807) is 14.2 Å². The summed E-state index contributed by atoms with van der Waals surface area (Å²) in [6.45, 7) is 8.76. The van der Waals surface area contributed by atoms with Crippen molar-refractivity contribution in [2.24, 2.45) is 11.8 Å². The van der Waals surface area contributed by atoms with Crippen molar-refractivity contribution in [3.05, 3.63) is 84.9 Å². The lowest BCUT2D eigenvalue weighted by molar-refractivity contribution is 0.342. The maximum absolute atomic E-state index is 5.44. The second kappa shape index (κ2) is 15.5. The maximum Gasteiger partial charge on any atom is 0.121 e. The molecule has 0 saturated carbocycles. The van der Waals surface area contributed by atoms with Crippen LogP contribution >= 0.6 is 23.5 Å². The van der Waals surface area contributed by atoms with Gasteiger partial charge in [-0.1, -0.05) is 61.6 Å². The summed E-state index contributed by atoms with van der Waals surface area (Å²) in [5.41, 5.74) is 5.09. The Labute approximate surface area is 284 Å². The number of methoxy groups -OCH3 is 2. The van der Waals surface area contributed by atoms with Crippen molar-refractivity contribution in [3.8, 4) is 11.5 Å². The minimum Gasteiger partial charge on any atom is -0.497 e. The first-order chi connectivity index (χ1) is 22.2. The molecule has 4 aromatic carbocycles. The van der Waals surface area contributed by atoms with Crippen molar-refractivity contribution < 1.29 is 9.47 Å². The highest BCUT2D eigenvalue weighted by molar-refractivity contribution is 8.00. The first-order valence-electron chi connectivity index (χ1n) is 15.9. The number of benzene rings is 4. The molecule has 0 radical (unpaired) electrons. The van der Waals surface area contributed by atoms with Gasteiger partial charge in [0.2, 0.25) is 0 Å². The molecule has 8 heteroatoms. The van der Waals surface area contributed by atoms with Crippen LogP contribution in [0.3, 0.4) is 0 Å². The number of hydrogen-bond donors (Lipinski definition) is 0. The third kappa shape index (κ3) is 8.15. The van der Waals surface area contributed by atoms with E-state index in [0.717, 1.165) is 37.7 Å². The predicted molar refractivity (Wildman–Crippen MR) is 197 cm³/mol. The number of ether oxygens (including phenoxy) is 2. The van der Waals surface area contributed by atoms with Gasteiger partial charge in [-0.15, -0.1) is 0 Å². The Morgan fingerprint density at radius 1 is 0.543 bits per heavy atom. The zero-order valence-corrected chi connectivity index (χ0v) is 30.1. The van der Waals surface area contributed by atoms with Gasteiger partial charge >= 0.3 is 0 Å². The van der Waals surface area contributed by atoms with E-state index in [4.69, 9.17) is 9.47 Å². The van der Waals surface area contributed by atoms with Crippen LogP contribution in [0.25, 0.3) is 0 Å². The molecule has 2 aliphatic heterocycles. The molecule has 6 nitrogen and oxygen atoms in total. The van der Waals surface area contributed by atoms with Crippen LogP contribution in [0.2, 0.25) is 0 Å². The van der Waals surface area contributed by atoms with E-state index in [1.165, 1.54) is 42.3 Å². The number of anilines is 4. The third-order valence-electron chi connectivity index (χ3n) is 8.01. The van der Waals surface area contributed by atoms with Gasteiger partial charge in [0.25, 0.3) is 0 Å². The summed E-state index contributed by atoms with van der Waals surface area (Å²) in [6.07, 6.45) is 0. The van der Waals surface area contributed by atoms with E-state index in [9.17, 15) is 0 Å². The van der Waals surface area contributed by atoms with Crippen LogP contribution in [-0.4, -0.2) is 78.4 Å². The molecule has 0 bridgehead atoms. The van der Waals surface area contributed by atoms with Gasteiger partial charge in [0.15, 0.2) is 0 Å². The summed E-state index contributed by atoms with van der Waals surface area (Å²) in [5.74, 6) is 2.96. The minimum atomic E-state index is 0.570. The average molecular weight is 657 g/mol. The standard InChI is InChI=1S/2C19H24N2OS/c2*1-14(12-20(2)3)13-21-16-7-5-6-8-18(16)23-19-10-9-15(22-4)11-17(19)21/h2*5-11,14H,12-13H2,1-4H3/t2*14-/m11/s1. The van der Waals surface area contributed by atoms with Crippen LogP contribution < -0.4 is 19.3 Å². The number of rotatable bonds is 10. The summed E-state index contributed by atoms with van der Waals surface area (Å²) in [5, 5.41) is 0. The van der Waals surface area contributed by atoms with Gasteiger partial charge in [-0.2, -0.15) is 0 Å². The zero-order valence-electron chi connectivity index (χ0n) is 28.5. The van der Waals surface area contributed by atoms with Gasteiger partial charge < -0.3 is 29.1 Å². The van der Waals surface area contributed by atoms with Gasteiger partial charge in [0, 0.05) is 57.9 Å². The highest BCUT2D eigenvalue weighted by Gasteiger charge is 2.26. The molecule has 0 amide bonds. The fourth-order valence-corrected chi connectivity index (χ4v) is 8.40. The summed E-state index contributed by atoms with van der Waals surface area (Å²) < 4.78 is 10.9. The molecule has 46 heavy (non-hydrogen) atoms. The van der Waals surface area contributed by atoms with E-state index in [-0.39, 0.29) is 0 Å². The number of nitrogens with zero attached hydrogens (tertiary/aromatic N) is 4. The highest BCUT2D eigenvalue weighted by atomic mass is 32.2. The van der Waals surface area contributed by atoms with Crippen molar-refractivity contribution in [1.29, 1.82) is 0 Å². The molecule has 4 aromatic rings. The van der Waals surface area contributed by atoms with Gasteiger partial charge in [0.1, 0.15) is 11.5 Å². The van der Waals surface area contributed by atoms with Crippen molar-refractivity contribution in [1.82, 2.24) is 9.80 Å². The minimum absolute atomic E-state index is 0.570. The van der Waals surface area contributed by atoms with E-state index >= 15 is 0 Å². The van der Waals surface area contributed by atoms with Crippen LogP contribution in [0, 0.1) is 11.8 Å². The Kier molecular flexibility index (Phi) is 11.5. The fourth-order valence-electron chi connectivity index (χ4n) is 6.25. The average Bonchev–Trinajstić information content (AvgIpc) is 3.03. The van der Waals surface area contributed by atoms with Gasteiger partial charge in [-0.25, -0.2) is 0 Å². The zero-order chi connectivity index (χ0) is 32.8. The van der Waals surface area contributed by atoms with Crippen LogP contribution in [0.1, 0.15) is 13.8 Å². The summed E-state index contributed by atoms with van der Waals surface area (Å²) >= 11 is 3.68. The van der Waals surface area contributed by atoms with E-state index in [2.05, 4.69) is 134 Å². The molecule has 0 unspecified atom stereocenters. The number of hydrogen-bond acceptors (Lipinski definition) is 8. The Balaban J connectivity index is 0.000000181. The largest absolute Gasteiger partial charge is 0.497 e. The van der Waals surface area contributed by atoms with Gasteiger partial charge in [0.05, 0.1) is 37.0 Å². The smallest absolute Gasteiger partial charge is 0.121 e. The van der Waals surface area contributed by atoms with E-state index in [0.29, 0.717) is 11.8 Å². The Hall–Kier alpha value is -3.30. The molecule has 0 fully saturated rings. The molecule has 2 aliphatic rings. The molecule has 2 atom stereocenters. The van der Waals surface area contributed by atoms with Crippen molar-refractivity contribution in [2.45, 2.75) is 33.4 Å². The predicted octanol–water partition coefficient (Wildman–Crippen LogP) is 8.99. The Bertz CT molecular complexity index is 1490. The molecular formula is C38H48N4O2S2. The number of para-hydroxylation sites is 2. The Morgan fingerprint density at radius 2 is 0.913 bits per heavy atom. The van der Waals surface area contributed by atoms with Crippen LogP contribution in [0.4, 0.5) is 22.7 Å². The fraction of sp³-hybridized carbons (Fsp3) is 0.368. The lowest BCUT2D eigenvalue weighted by Crippen LogP contribution is -2.31. The summed E-state index contributed by atoms with van der Waals surface area (Å²) in [7, 11) is 12.0. The third-order valence-corrected chi connectivity index (χ3v) is 10.3. The van der Waals surface area contributed by atoms with Crippen LogP contribution in [0.5, 0.6) is 11.5 Å². The van der Waals surface area contributed by atoms with Crippen molar-refractivity contribution in [3.63, 3.8) is 0 Å². The topological polar surface area (TPSA) is 31.4 Å². The molecule has 6 rings (SSSR count). The van der Waals surface area contributed by atoms with E-state index < -0.39 is 0 Å². The second-order valence-corrected chi connectivity index (χ2v) is 14.9. The summed E-state index contributed by atoms with van der Waals surface area (Å²) in [6, 6.07) is 30.0. The quantitative estimate of drug-likeness (QED) is 0.167. The number of fused-ring (bicyclic) bond motifs is 4. The maximum atomic E-state index is 5.44. The van der Waals surface area contributed by atoms with Gasteiger partial charge in [-0.3, -0.25) is 0 Å². The van der Waals surface area contributed by atoms with Crippen molar-refractivity contribution >= 4 is 46.3 Å². The lowest BCUT2D eigenvalue weighted by Gasteiger charge is -2.35. The molecule has 0 N–H and O–H groups in total. The molecule has 0 saturated heterocycles. The molecule has 2 heterocycles. The summed E-state index contributed by atoms with van der Waals surface area (Å²) in [4.78, 5) is 14.6. The normalized spacial score (nSPS) is 14.4. The van der Waals surface area contributed by atoms with Crippen LogP contribution in [-0.2, 0) is 0 Å². The molecule has 244 valence electrons. The molecule has 0 aliphatic carbocycles. The van der Waals surface area contributed by atoms with Gasteiger partial charge in [-0.05, 0) is 88.6 Å². The van der Waals surface area contributed by atoms with Crippen LogP contribution in [0.15, 0.2) is 105 Å². The first kappa shape index (κ1) is 34.0. The second-order valence-electron chi connectivity index (χ2n) is 12.8.